The second-order valence-electron chi connectivity index (χ2n) is 6.26. The van der Waals surface area contributed by atoms with Gasteiger partial charge in [-0.25, -0.2) is 0 Å². The number of benzene rings is 3. The minimum Gasteiger partial charge on any atom is -0.309 e. The van der Waals surface area contributed by atoms with Crippen LogP contribution in [0.15, 0.2) is 104 Å². The topological polar surface area (TPSA) is 4.93 Å². The molecule has 0 N–H and O–H groups in total. The van der Waals surface area contributed by atoms with Crippen molar-refractivity contribution >= 4 is 27.4 Å². The van der Waals surface area contributed by atoms with Crippen LogP contribution in [0.1, 0.15) is 12.5 Å². The smallest absolute Gasteiger partial charge is 0.0541 e. The SMILES string of the molecule is C=C/C=C\C(=C/C)c1ccc2c(c1)c1ccccc1n2-c1ccccc1. The average Bonchev–Trinajstić information content (AvgIpc) is 3.03. The number of nitrogens with zero attached hydrogens (tertiary/aromatic N) is 1. The zero-order valence-electron chi connectivity index (χ0n) is 14.9. The highest BCUT2D eigenvalue weighted by atomic mass is 15.0. The Morgan fingerprint density at radius 1 is 0.846 bits per heavy atom. The predicted molar refractivity (Wildman–Crippen MR) is 114 cm³/mol. The predicted octanol–water partition coefficient (Wildman–Crippen LogP) is 6.93. The van der Waals surface area contributed by atoms with Crippen molar-refractivity contribution in [2.75, 3.05) is 0 Å². The van der Waals surface area contributed by atoms with Crippen molar-refractivity contribution in [1.29, 1.82) is 0 Å². The summed E-state index contributed by atoms with van der Waals surface area (Å²) in [4.78, 5) is 0. The lowest BCUT2D eigenvalue weighted by Gasteiger charge is -2.08. The van der Waals surface area contributed by atoms with Gasteiger partial charge in [0.1, 0.15) is 0 Å². The zero-order valence-corrected chi connectivity index (χ0v) is 14.9. The maximum atomic E-state index is 3.77. The summed E-state index contributed by atoms with van der Waals surface area (Å²) in [6.07, 6.45) is 8.03. The van der Waals surface area contributed by atoms with Crippen LogP contribution < -0.4 is 0 Å². The summed E-state index contributed by atoms with van der Waals surface area (Å²) < 4.78 is 2.34. The fraction of sp³-hybridized carbons (Fsp3) is 0.0400. The summed E-state index contributed by atoms with van der Waals surface area (Å²) in [6.45, 7) is 5.84. The van der Waals surface area contributed by atoms with E-state index in [2.05, 4.69) is 103 Å². The molecule has 3 aromatic carbocycles. The maximum absolute atomic E-state index is 3.77. The molecule has 1 nitrogen and oxygen atoms in total. The summed E-state index contributed by atoms with van der Waals surface area (Å²) in [5.74, 6) is 0. The number of aromatic nitrogens is 1. The van der Waals surface area contributed by atoms with Gasteiger partial charge in [-0.2, -0.15) is 0 Å². The highest BCUT2D eigenvalue weighted by Crippen LogP contribution is 2.33. The second kappa shape index (κ2) is 6.89. The van der Waals surface area contributed by atoms with E-state index < -0.39 is 0 Å². The van der Waals surface area contributed by atoms with E-state index in [1.807, 2.05) is 12.2 Å². The Hall–Kier alpha value is -3.32. The van der Waals surface area contributed by atoms with Crippen LogP contribution >= 0.6 is 0 Å². The quantitative estimate of drug-likeness (QED) is 0.356. The van der Waals surface area contributed by atoms with Crippen molar-refractivity contribution in [1.82, 2.24) is 4.57 Å². The minimum absolute atomic E-state index is 1.18. The summed E-state index contributed by atoms with van der Waals surface area (Å²) in [5, 5.41) is 2.55. The molecule has 0 radical (unpaired) electrons. The molecule has 0 atom stereocenters. The summed E-state index contributed by atoms with van der Waals surface area (Å²) in [5.41, 5.74) is 6.06. The van der Waals surface area contributed by atoms with Crippen LogP contribution in [-0.4, -0.2) is 4.57 Å². The van der Waals surface area contributed by atoms with Gasteiger partial charge in [0.05, 0.1) is 11.0 Å². The van der Waals surface area contributed by atoms with Crippen LogP contribution in [0.2, 0.25) is 0 Å². The minimum atomic E-state index is 1.18. The number of hydrogen-bond donors (Lipinski definition) is 0. The molecule has 0 bridgehead atoms. The van der Waals surface area contributed by atoms with Gasteiger partial charge in [0.15, 0.2) is 0 Å². The van der Waals surface area contributed by atoms with Gasteiger partial charge in [-0.3, -0.25) is 0 Å². The van der Waals surface area contributed by atoms with E-state index >= 15 is 0 Å². The Morgan fingerprint density at radius 2 is 1.58 bits per heavy atom. The molecule has 0 aliphatic carbocycles. The Kier molecular flexibility index (Phi) is 4.28. The molecule has 1 heterocycles. The Morgan fingerprint density at radius 3 is 2.35 bits per heavy atom. The number of allylic oxidation sites excluding steroid dienone is 5. The molecule has 0 unspecified atom stereocenters. The fourth-order valence-corrected chi connectivity index (χ4v) is 3.54. The van der Waals surface area contributed by atoms with E-state index in [-0.39, 0.29) is 0 Å². The van der Waals surface area contributed by atoms with Crippen molar-refractivity contribution in [3.05, 3.63) is 109 Å². The molecule has 1 aromatic heterocycles. The molecule has 26 heavy (non-hydrogen) atoms. The normalized spacial score (nSPS) is 12.3. The molecule has 4 aromatic rings. The van der Waals surface area contributed by atoms with Crippen LogP contribution in [0.25, 0.3) is 33.1 Å². The summed E-state index contributed by atoms with van der Waals surface area (Å²) in [7, 11) is 0. The van der Waals surface area contributed by atoms with Gasteiger partial charge in [0.25, 0.3) is 0 Å². The highest BCUT2D eigenvalue weighted by molar-refractivity contribution is 6.10. The van der Waals surface area contributed by atoms with Gasteiger partial charge < -0.3 is 4.57 Å². The van der Waals surface area contributed by atoms with Crippen LogP contribution in [0.3, 0.4) is 0 Å². The molecular weight excluding hydrogens is 314 g/mol. The third-order valence-corrected chi connectivity index (χ3v) is 4.74. The van der Waals surface area contributed by atoms with Crippen molar-refractivity contribution in [2.24, 2.45) is 0 Å². The van der Waals surface area contributed by atoms with Crippen molar-refractivity contribution in [3.63, 3.8) is 0 Å². The van der Waals surface area contributed by atoms with Crippen LogP contribution in [0.5, 0.6) is 0 Å². The largest absolute Gasteiger partial charge is 0.309 e. The number of hydrogen-bond acceptors (Lipinski definition) is 0. The molecule has 126 valence electrons. The standard InChI is InChI=1S/C25H21N/c1-3-5-11-19(4-2)20-16-17-25-23(18-20)22-14-9-10-15-24(22)26(25)21-12-7-6-8-13-21/h3-18H,1H2,2H3/b11-5-,19-4+. The molecule has 4 rings (SSSR count). The Labute approximate surface area is 154 Å². The number of fused-ring (bicyclic) bond motifs is 3. The zero-order chi connectivity index (χ0) is 17.9. The Balaban J connectivity index is 2.02. The van der Waals surface area contributed by atoms with Gasteiger partial charge in [0.2, 0.25) is 0 Å². The van der Waals surface area contributed by atoms with E-state index in [1.165, 1.54) is 38.6 Å². The van der Waals surface area contributed by atoms with Crippen molar-refractivity contribution in [3.8, 4) is 5.69 Å². The number of rotatable bonds is 4. The lowest BCUT2D eigenvalue weighted by atomic mass is 10.0. The summed E-state index contributed by atoms with van der Waals surface area (Å²) in [6, 6.07) is 25.9. The highest BCUT2D eigenvalue weighted by Gasteiger charge is 2.12. The molecule has 0 fully saturated rings. The van der Waals surface area contributed by atoms with E-state index in [4.69, 9.17) is 0 Å². The third-order valence-electron chi connectivity index (χ3n) is 4.74. The molecule has 0 saturated heterocycles. The van der Waals surface area contributed by atoms with Gasteiger partial charge in [0, 0.05) is 16.5 Å². The second-order valence-corrected chi connectivity index (χ2v) is 6.26. The monoisotopic (exact) mass is 335 g/mol. The molecule has 1 heteroatoms. The molecule has 0 amide bonds. The van der Waals surface area contributed by atoms with Gasteiger partial charge >= 0.3 is 0 Å². The van der Waals surface area contributed by atoms with E-state index in [0.717, 1.165) is 0 Å². The fourth-order valence-electron chi connectivity index (χ4n) is 3.54. The van der Waals surface area contributed by atoms with E-state index in [0.29, 0.717) is 0 Å². The average molecular weight is 335 g/mol. The summed E-state index contributed by atoms with van der Waals surface area (Å²) >= 11 is 0. The van der Waals surface area contributed by atoms with E-state index in [1.54, 1.807) is 0 Å². The third kappa shape index (κ3) is 2.68. The van der Waals surface area contributed by atoms with Crippen molar-refractivity contribution < 1.29 is 0 Å². The Bertz CT molecular complexity index is 1140. The molecule has 0 spiro atoms. The first kappa shape index (κ1) is 16.2. The van der Waals surface area contributed by atoms with Crippen LogP contribution in [0.4, 0.5) is 0 Å². The van der Waals surface area contributed by atoms with Gasteiger partial charge in [-0.15, -0.1) is 0 Å². The van der Waals surface area contributed by atoms with Gasteiger partial charge in [-0.1, -0.05) is 73.3 Å². The lowest BCUT2D eigenvalue weighted by molar-refractivity contribution is 1.18. The molecular formula is C25H21N. The number of para-hydroxylation sites is 2. The molecule has 0 aliphatic rings. The first-order valence-corrected chi connectivity index (χ1v) is 8.88. The maximum Gasteiger partial charge on any atom is 0.0541 e. The lowest BCUT2D eigenvalue weighted by Crippen LogP contribution is -1.93. The van der Waals surface area contributed by atoms with E-state index in [9.17, 15) is 0 Å². The van der Waals surface area contributed by atoms with Gasteiger partial charge in [-0.05, 0) is 48.4 Å². The van der Waals surface area contributed by atoms with Crippen LogP contribution in [-0.2, 0) is 0 Å². The van der Waals surface area contributed by atoms with Crippen molar-refractivity contribution in [2.45, 2.75) is 6.92 Å². The molecule has 0 aliphatic heterocycles. The first-order valence-electron chi connectivity index (χ1n) is 8.88. The first-order chi connectivity index (χ1) is 12.8. The molecule has 0 saturated carbocycles. The van der Waals surface area contributed by atoms with Crippen LogP contribution in [0, 0.1) is 0 Å².